The van der Waals surface area contributed by atoms with Gasteiger partial charge < -0.3 is 5.11 Å². The van der Waals surface area contributed by atoms with Gasteiger partial charge >= 0.3 is 5.97 Å². The fraction of sp³-hybridized carbons (Fsp3) is 0.909. The van der Waals surface area contributed by atoms with E-state index < -0.39 is 22.2 Å². The molecule has 2 atom stereocenters. The van der Waals surface area contributed by atoms with Gasteiger partial charge in [0.1, 0.15) is 6.04 Å². The lowest BCUT2D eigenvalue weighted by Crippen LogP contribution is -2.50. The summed E-state index contributed by atoms with van der Waals surface area (Å²) in [5, 5.41) is 9.07. The third-order valence-electron chi connectivity index (χ3n) is 3.73. The van der Waals surface area contributed by atoms with E-state index in [1.54, 1.807) is 0 Å². The summed E-state index contributed by atoms with van der Waals surface area (Å²) < 4.78 is 27.5. The minimum atomic E-state index is -3.60. The Morgan fingerprint density at radius 3 is 2.50 bits per heavy atom. The second-order valence-electron chi connectivity index (χ2n) is 5.22. The van der Waals surface area contributed by atoms with Gasteiger partial charge in [-0.15, -0.1) is 0 Å². The van der Waals surface area contributed by atoms with E-state index in [2.05, 4.69) is 0 Å². The van der Waals surface area contributed by atoms with Gasteiger partial charge in [0.2, 0.25) is 0 Å². The monoisotopic (exact) mass is 276 g/mol. The fourth-order valence-corrected chi connectivity index (χ4v) is 4.74. The molecule has 2 aliphatic rings. The number of piperidine rings is 1. The molecule has 2 rings (SSSR count). The zero-order valence-electron chi connectivity index (χ0n) is 10.6. The summed E-state index contributed by atoms with van der Waals surface area (Å²) in [6.45, 7) is 3.37. The second-order valence-corrected chi connectivity index (χ2v) is 7.10. The summed E-state index contributed by atoms with van der Waals surface area (Å²) in [4.78, 5) is 11.1. The molecule has 18 heavy (non-hydrogen) atoms. The fourth-order valence-electron chi connectivity index (χ4n) is 2.77. The van der Waals surface area contributed by atoms with Crippen LogP contribution in [0.15, 0.2) is 0 Å². The van der Waals surface area contributed by atoms with E-state index in [0.717, 1.165) is 17.1 Å². The molecule has 0 aromatic heterocycles. The number of nitrogens with zero attached hydrogens (tertiary/aromatic N) is 2. The lowest BCUT2D eigenvalue weighted by molar-refractivity contribution is -0.140. The Balaban J connectivity index is 2.17. The van der Waals surface area contributed by atoms with Crippen LogP contribution in [0.25, 0.3) is 0 Å². The van der Waals surface area contributed by atoms with E-state index in [4.69, 9.17) is 5.11 Å². The molecule has 7 heteroatoms. The Hall–Kier alpha value is -0.660. The van der Waals surface area contributed by atoms with Crippen molar-refractivity contribution in [2.24, 2.45) is 5.92 Å². The summed E-state index contributed by atoms with van der Waals surface area (Å²) in [7, 11) is -3.60. The third-order valence-corrected chi connectivity index (χ3v) is 5.75. The molecule has 1 N–H and O–H groups in total. The number of rotatable bonds is 3. The van der Waals surface area contributed by atoms with E-state index in [9.17, 15) is 13.2 Å². The van der Waals surface area contributed by atoms with Crippen LogP contribution in [0.3, 0.4) is 0 Å². The first kappa shape index (κ1) is 13.8. The predicted molar refractivity (Wildman–Crippen MR) is 66.3 cm³/mol. The van der Waals surface area contributed by atoms with Gasteiger partial charge in [0, 0.05) is 19.6 Å². The van der Waals surface area contributed by atoms with Gasteiger partial charge in [-0.2, -0.15) is 17.0 Å². The molecule has 2 fully saturated rings. The molecule has 6 nitrogen and oxygen atoms in total. The molecule has 2 saturated heterocycles. The van der Waals surface area contributed by atoms with Gasteiger partial charge in [0.25, 0.3) is 10.2 Å². The van der Waals surface area contributed by atoms with E-state index in [1.165, 1.54) is 4.31 Å². The van der Waals surface area contributed by atoms with Crippen LogP contribution in [-0.4, -0.2) is 53.8 Å². The van der Waals surface area contributed by atoms with Crippen molar-refractivity contribution >= 4 is 16.2 Å². The average Bonchev–Trinajstić information content (AvgIpc) is 2.78. The van der Waals surface area contributed by atoms with Crippen molar-refractivity contribution in [2.75, 3.05) is 19.6 Å². The van der Waals surface area contributed by atoms with Crippen LogP contribution >= 0.6 is 0 Å². The quantitative estimate of drug-likeness (QED) is 0.815. The summed E-state index contributed by atoms with van der Waals surface area (Å²) in [6.07, 6.45) is 2.93. The molecule has 0 saturated carbocycles. The van der Waals surface area contributed by atoms with Crippen molar-refractivity contribution in [3.63, 3.8) is 0 Å². The molecule has 0 aromatic carbocycles. The Morgan fingerprint density at radius 2 is 1.89 bits per heavy atom. The maximum absolute atomic E-state index is 12.4. The van der Waals surface area contributed by atoms with Crippen molar-refractivity contribution in [3.8, 4) is 0 Å². The van der Waals surface area contributed by atoms with Gasteiger partial charge in [0.15, 0.2) is 0 Å². The molecule has 0 spiro atoms. The first-order valence-electron chi connectivity index (χ1n) is 6.42. The number of hydrogen-bond donors (Lipinski definition) is 1. The highest BCUT2D eigenvalue weighted by molar-refractivity contribution is 7.86. The number of hydrogen-bond acceptors (Lipinski definition) is 3. The molecule has 0 amide bonds. The van der Waals surface area contributed by atoms with Crippen LogP contribution in [0.1, 0.15) is 32.6 Å². The molecular weight excluding hydrogens is 256 g/mol. The van der Waals surface area contributed by atoms with Crippen LogP contribution in [0.5, 0.6) is 0 Å². The van der Waals surface area contributed by atoms with Gasteiger partial charge in [0.05, 0.1) is 0 Å². The Labute approximate surface area is 108 Å². The Bertz CT molecular complexity index is 423. The summed E-state index contributed by atoms with van der Waals surface area (Å²) in [5.74, 6) is -0.694. The van der Waals surface area contributed by atoms with E-state index >= 15 is 0 Å². The van der Waals surface area contributed by atoms with Gasteiger partial charge in [-0.05, 0) is 31.6 Å². The van der Waals surface area contributed by atoms with Crippen molar-refractivity contribution in [1.29, 1.82) is 0 Å². The SMILES string of the molecule is CC1CCCN(S(=O)(=O)N2CCC[C@H]2C(=O)O)C1. The number of carboxylic acids is 1. The van der Waals surface area contributed by atoms with Gasteiger partial charge in [-0.1, -0.05) is 6.92 Å². The van der Waals surface area contributed by atoms with Crippen molar-refractivity contribution in [1.82, 2.24) is 8.61 Å². The Morgan fingerprint density at radius 1 is 1.22 bits per heavy atom. The second kappa shape index (κ2) is 5.14. The topological polar surface area (TPSA) is 77.9 Å². The van der Waals surface area contributed by atoms with Crippen molar-refractivity contribution < 1.29 is 18.3 Å². The third kappa shape index (κ3) is 2.53. The van der Waals surface area contributed by atoms with Crippen molar-refractivity contribution in [3.05, 3.63) is 0 Å². The number of carbonyl (C=O) groups is 1. The first-order valence-corrected chi connectivity index (χ1v) is 7.82. The molecule has 1 unspecified atom stereocenters. The molecule has 2 heterocycles. The molecule has 0 bridgehead atoms. The normalized spacial score (nSPS) is 31.6. The molecule has 104 valence electrons. The molecular formula is C11H20N2O4S. The van der Waals surface area contributed by atoms with Crippen LogP contribution < -0.4 is 0 Å². The smallest absolute Gasteiger partial charge is 0.322 e. The van der Waals surface area contributed by atoms with Crippen LogP contribution in [0.2, 0.25) is 0 Å². The van der Waals surface area contributed by atoms with Crippen LogP contribution in [-0.2, 0) is 15.0 Å². The lowest BCUT2D eigenvalue weighted by atomic mass is 10.0. The zero-order valence-corrected chi connectivity index (χ0v) is 11.4. The highest BCUT2D eigenvalue weighted by Crippen LogP contribution is 2.26. The maximum atomic E-state index is 12.4. The standard InChI is InChI=1S/C11H20N2O4S/c1-9-4-2-6-12(8-9)18(16,17)13-7-3-5-10(13)11(14)15/h9-10H,2-8H2,1H3,(H,14,15)/t9?,10-/m0/s1. The predicted octanol–water partition coefficient (Wildman–Crippen LogP) is 0.512. The zero-order chi connectivity index (χ0) is 13.3. The highest BCUT2D eigenvalue weighted by Gasteiger charge is 2.42. The summed E-state index contributed by atoms with van der Waals surface area (Å²) >= 11 is 0. The number of aliphatic carboxylic acids is 1. The molecule has 0 radical (unpaired) electrons. The van der Waals surface area contributed by atoms with E-state index in [0.29, 0.717) is 38.4 Å². The largest absolute Gasteiger partial charge is 0.480 e. The van der Waals surface area contributed by atoms with Crippen LogP contribution in [0, 0.1) is 5.92 Å². The van der Waals surface area contributed by atoms with Gasteiger partial charge in [-0.3, -0.25) is 4.79 Å². The van der Waals surface area contributed by atoms with E-state index in [1.807, 2.05) is 6.92 Å². The summed E-state index contributed by atoms with van der Waals surface area (Å²) in [6, 6.07) is -0.882. The van der Waals surface area contributed by atoms with Gasteiger partial charge in [-0.25, -0.2) is 0 Å². The number of carboxylic acid groups (broad SMARTS) is 1. The van der Waals surface area contributed by atoms with Crippen LogP contribution in [0.4, 0.5) is 0 Å². The van der Waals surface area contributed by atoms with E-state index in [-0.39, 0.29) is 0 Å². The molecule has 2 aliphatic heterocycles. The minimum Gasteiger partial charge on any atom is -0.480 e. The molecule has 0 aromatic rings. The Kier molecular flexibility index (Phi) is 3.93. The molecule has 0 aliphatic carbocycles. The maximum Gasteiger partial charge on any atom is 0.322 e. The average molecular weight is 276 g/mol. The first-order chi connectivity index (χ1) is 8.43. The lowest BCUT2D eigenvalue weighted by Gasteiger charge is -2.34. The highest BCUT2D eigenvalue weighted by atomic mass is 32.2. The minimum absolute atomic E-state index is 0.324. The van der Waals surface area contributed by atoms with Crippen molar-refractivity contribution in [2.45, 2.75) is 38.6 Å². The summed E-state index contributed by atoms with van der Waals surface area (Å²) in [5.41, 5.74) is 0.